The molecule has 2 N–H and O–H groups in total. The molecule has 0 bridgehead atoms. The first-order valence-corrected chi connectivity index (χ1v) is 10.4. The third-order valence-electron chi connectivity index (χ3n) is 5.48. The highest BCUT2D eigenvalue weighted by Crippen LogP contribution is 2.41. The molecule has 154 valence electrons. The Hall–Kier alpha value is -2.09. The maximum absolute atomic E-state index is 6.25. The number of rotatable bonds is 3. The number of halogens is 2. The van der Waals surface area contributed by atoms with Crippen LogP contribution in [0.3, 0.4) is 0 Å². The maximum Gasteiger partial charge on any atom is 0.225 e. The number of anilines is 2. The topological polar surface area (TPSA) is 68.7 Å². The van der Waals surface area contributed by atoms with E-state index in [0.717, 1.165) is 48.8 Å². The van der Waals surface area contributed by atoms with Gasteiger partial charge in [0.25, 0.3) is 0 Å². The molecule has 1 spiro atoms. The molecule has 0 aliphatic carbocycles. The summed E-state index contributed by atoms with van der Waals surface area (Å²) < 4.78 is 0. The Labute approximate surface area is 181 Å². The third-order valence-corrected chi connectivity index (χ3v) is 6.20. The fourth-order valence-electron chi connectivity index (χ4n) is 3.72. The Bertz CT molecular complexity index is 936. The lowest BCUT2D eigenvalue weighted by Gasteiger charge is -2.45. The van der Waals surface area contributed by atoms with Crippen LogP contribution in [0.4, 0.5) is 17.3 Å². The van der Waals surface area contributed by atoms with Gasteiger partial charge in [0.15, 0.2) is 0 Å². The van der Waals surface area contributed by atoms with E-state index in [2.05, 4.69) is 32.5 Å². The monoisotopic (exact) mass is 433 g/mol. The van der Waals surface area contributed by atoms with Crippen LogP contribution in [0, 0.1) is 0 Å². The highest BCUT2D eigenvalue weighted by Gasteiger charge is 2.41. The molecule has 0 amide bonds. The molecule has 9 heteroatoms. The lowest BCUT2D eigenvalue weighted by Crippen LogP contribution is -2.58. The molecule has 0 unspecified atom stereocenters. The first-order chi connectivity index (χ1) is 13.9. The van der Waals surface area contributed by atoms with Gasteiger partial charge in [-0.3, -0.25) is 0 Å². The van der Waals surface area contributed by atoms with Crippen molar-refractivity contribution in [1.29, 1.82) is 0 Å². The Morgan fingerprint density at radius 2 is 1.93 bits per heavy atom. The third kappa shape index (κ3) is 4.13. The summed E-state index contributed by atoms with van der Waals surface area (Å²) in [5.41, 5.74) is 2.37. The van der Waals surface area contributed by atoms with Crippen LogP contribution in [-0.4, -0.2) is 60.5 Å². The molecule has 2 aliphatic heterocycles. The van der Waals surface area contributed by atoms with Crippen LogP contribution in [0.1, 0.15) is 18.5 Å². The minimum atomic E-state index is -0.256. The van der Waals surface area contributed by atoms with Crippen LogP contribution in [0.2, 0.25) is 10.0 Å². The second kappa shape index (κ2) is 7.97. The number of hydrogen-bond donors (Lipinski definition) is 2. The van der Waals surface area contributed by atoms with E-state index in [0.29, 0.717) is 22.5 Å². The molecular formula is C20H25Cl2N7. The summed E-state index contributed by atoms with van der Waals surface area (Å²) in [5, 5.41) is 8.28. The zero-order valence-corrected chi connectivity index (χ0v) is 18.3. The number of nitrogens with one attached hydrogen (secondary N) is 2. The van der Waals surface area contributed by atoms with E-state index in [9.17, 15) is 0 Å². The number of aromatic nitrogens is 2. The highest BCUT2D eigenvalue weighted by atomic mass is 35.5. The van der Waals surface area contributed by atoms with Gasteiger partial charge in [-0.2, -0.15) is 0 Å². The molecule has 1 aromatic carbocycles. The zero-order chi connectivity index (χ0) is 20.6. The van der Waals surface area contributed by atoms with Gasteiger partial charge in [-0.1, -0.05) is 23.2 Å². The SMILES string of the molecule is CN1CCC2(CC1)Nc1cc(Cl)c(Cl)cc1N=C2NCc1ccnc(N(C)C)n1. The van der Waals surface area contributed by atoms with Crippen molar-refractivity contribution in [3.05, 3.63) is 40.1 Å². The van der Waals surface area contributed by atoms with E-state index in [4.69, 9.17) is 28.2 Å². The summed E-state index contributed by atoms with van der Waals surface area (Å²) in [7, 11) is 6.01. The van der Waals surface area contributed by atoms with Gasteiger partial charge in [0.05, 0.1) is 39.2 Å². The second-order valence-corrected chi connectivity index (χ2v) is 8.66. The van der Waals surface area contributed by atoms with E-state index in [1.807, 2.05) is 37.2 Å². The van der Waals surface area contributed by atoms with Crippen LogP contribution in [0.25, 0.3) is 0 Å². The lowest BCUT2D eigenvalue weighted by atomic mass is 9.84. The summed E-state index contributed by atoms with van der Waals surface area (Å²) >= 11 is 12.5. The second-order valence-electron chi connectivity index (χ2n) is 7.85. The van der Waals surface area contributed by atoms with Crippen molar-refractivity contribution in [3.8, 4) is 0 Å². The van der Waals surface area contributed by atoms with Gasteiger partial charge >= 0.3 is 0 Å². The summed E-state index contributed by atoms with van der Waals surface area (Å²) in [6.07, 6.45) is 3.67. The average Bonchev–Trinajstić information content (AvgIpc) is 2.70. The Balaban J connectivity index is 1.64. The van der Waals surface area contributed by atoms with Crippen molar-refractivity contribution in [2.75, 3.05) is 44.4 Å². The van der Waals surface area contributed by atoms with Gasteiger partial charge in [-0.25, -0.2) is 15.0 Å². The molecule has 3 heterocycles. The average molecular weight is 434 g/mol. The zero-order valence-electron chi connectivity index (χ0n) is 16.8. The first kappa shape index (κ1) is 20.2. The minimum Gasteiger partial charge on any atom is -0.371 e. The van der Waals surface area contributed by atoms with Crippen LogP contribution < -0.4 is 15.5 Å². The quantitative estimate of drug-likeness (QED) is 0.770. The fraction of sp³-hybridized carbons (Fsp3) is 0.450. The van der Waals surface area contributed by atoms with E-state index in [1.54, 1.807) is 6.20 Å². The molecule has 0 atom stereocenters. The Morgan fingerprint density at radius 1 is 1.21 bits per heavy atom. The number of fused-ring (bicyclic) bond motifs is 1. The summed E-state index contributed by atoms with van der Waals surface area (Å²) in [6, 6.07) is 5.60. The smallest absolute Gasteiger partial charge is 0.225 e. The molecule has 4 rings (SSSR count). The fourth-order valence-corrected chi connectivity index (χ4v) is 4.04. The van der Waals surface area contributed by atoms with Crippen molar-refractivity contribution in [2.45, 2.75) is 24.9 Å². The van der Waals surface area contributed by atoms with Gasteiger partial charge < -0.3 is 20.4 Å². The predicted molar refractivity (Wildman–Crippen MR) is 120 cm³/mol. The van der Waals surface area contributed by atoms with Crippen molar-refractivity contribution in [1.82, 2.24) is 20.2 Å². The molecule has 1 fully saturated rings. The molecule has 7 nitrogen and oxygen atoms in total. The molecule has 2 aliphatic rings. The van der Waals surface area contributed by atoms with Crippen LogP contribution in [0.5, 0.6) is 0 Å². The standard InChI is InChI=1S/C20H25Cl2N7/c1-28(2)19-23-7-4-13(25-19)12-24-18-20(5-8-29(3)9-6-20)27-17-11-15(22)14(21)10-16(17)26-18/h4,7,10-11,27H,5-6,8-9,12H2,1-3H3,(H,24,26). The molecule has 2 aromatic rings. The molecular weight excluding hydrogens is 409 g/mol. The number of aliphatic imine (C=N–C) groups is 1. The normalized spacial score (nSPS) is 18.0. The number of nitrogens with zero attached hydrogens (tertiary/aromatic N) is 5. The van der Waals surface area contributed by atoms with Crippen molar-refractivity contribution < 1.29 is 0 Å². The van der Waals surface area contributed by atoms with Gasteiger partial charge in [0.1, 0.15) is 5.84 Å². The number of piperidine rings is 1. The van der Waals surface area contributed by atoms with Gasteiger partial charge in [0.2, 0.25) is 5.95 Å². The number of benzene rings is 1. The van der Waals surface area contributed by atoms with Gasteiger partial charge in [0, 0.05) is 33.4 Å². The largest absolute Gasteiger partial charge is 0.371 e. The molecule has 0 saturated carbocycles. The summed E-state index contributed by atoms with van der Waals surface area (Å²) in [5.74, 6) is 1.61. The number of amidine groups is 1. The minimum absolute atomic E-state index is 0.256. The molecule has 0 radical (unpaired) electrons. The van der Waals surface area contributed by atoms with Crippen LogP contribution >= 0.6 is 23.2 Å². The maximum atomic E-state index is 6.25. The molecule has 1 aromatic heterocycles. The number of likely N-dealkylation sites (tertiary alicyclic amines) is 1. The van der Waals surface area contributed by atoms with E-state index in [-0.39, 0.29) is 5.54 Å². The van der Waals surface area contributed by atoms with Crippen molar-refractivity contribution in [2.24, 2.45) is 4.99 Å². The predicted octanol–water partition coefficient (Wildman–Crippen LogP) is 3.56. The molecule has 1 saturated heterocycles. The van der Waals surface area contributed by atoms with Crippen molar-refractivity contribution in [3.63, 3.8) is 0 Å². The van der Waals surface area contributed by atoms with Gasteiger partial charge in [-0.05, 0) is 38.1 Å². The van der Waals surface area contributed by atoms with E-state index >= 15 is 0 Å². The van der Waals surface area contributed by atoms with Gasteiger partial charge in [-0.15, -0.1) is 0 Å². The number of hydrogen-bond acceptors (Lipinski definition) is 7. The summed E-state index contributed by atoms with van der Waals surface area (Å²) in [6.45, 7) is 2.55. The Kier molecular flexibility index (Phi) is 5.55. The van der Waals surface area contributed by atoms with Crippen LogP contribution in [-0.2, 0) is 6.54 Å². The Morgan fingerprint density at radius 3 is 2.66 bits per heavy atom. The summed E-state index contributed by atoms with van der Waals surface area (Å²) in [4.78, 5) is 18.1. The van der Waals surface area contributed by atoms with E-state index in [1.165, 1.54) is 0 Å². The molecule has 29 heavy (non-hydrogen) atoms. The lowest BCUT2D eigenvalue weighted by molar-refractivity contribution is 0.238. The van der Waals surface area contributed by atoms with Crippen molar-refractivity contribution >= 4 is 46.4 Å². The van der Waals surface area contributed by atoms with E-state index < -0.39 is 0 Å². The van der Waals surface area contributed by atoms with Crippen LogP contribution in [0.15, 0.2) is 29.4 Å². The first-order valence-electron chi connectivity index (χ1n) is 9.64. The highest BCUT2D eigenvalue weighted by molar-refractivity contribution is 6.42.